The van der Waals surface area contributed by atoms with Crippen LogP contribution in [0.1, 0.15) is 21.5 Å². The van der Waals surface area contributed by atoms with Crippen LogP contribution in [0.15, 0.2) is 80.9 Å². The number of para-hydroxylation sites is 1. The molecular weight excluding hydrogens is 622 g/mol. The van der Waals surface area contributed by atoms with Crippen LogP contribution in [0, 0.1) is 0 Å². The molecule has 0 unspecified atom stereocenters. The van der Waals surface area contributed by atoms with E-state index in [1.165, 1.54) is 25.5 Å². The Morgan fingerprint density at radius 2 is 1.82 bits per heavy atom. The molecule has 0 atom stereocenters. The van der Waals surface area contributed by atoms with E-state index >= 15 is 0 Å². The number of pyridine rings is 1. The molecule has 1 amide bonds. The molecule has 194 valence electrons. The molecule has 0 fully saturated rings. The normalized spacial score (nSPS) is 10.9. The molecule has 0 bridgehead atoms. The van der Waals surface area contributed by atoms with Crippen molar-refractivity contribution in [3.8, 4) is 17.2 Å². The number of carboxylic acid groups (broad SMARTS) is 1. The van der Waals surface area contributed by atoms with Gasteiger partial charge in [-0.15, -0.1) is 0 Å². The van der Waals surface area contributed by atoms with Crippen molar-refractivity contribution < 1.29 is 28.9 Å². The molecule has 4 aromatic rings. The van der Waals surface area contributed by atoms with E-state index in [1.54, 1.807) is 36.5 Å². The highest BCUT2D eigenvalue weighted by molar-refractivity contribution is 9.11. The first kappa shape index (κ1) is 27.1. The SMILES string of the molecule is COc1cccc(/C=N/NC(=O)COc2c(Br)cc(Br)c3cccnc23)c1OCc1ccc(C(=O)O)cc1. The van der Waals surface area contributed by atoms with Crippen molar-refractivity contribution in [3.05, 3.63) is 92.5 Å². The molecule has 0 radical (unpaired) electrons. The number of fused-ring (bicyclic) bond motifs is 1. The zero-order valence-electron chi connectivity index (χ0n) is 20.0. The molecule has 0 aliphatic heterocycles. The number of carbonyl (C=O) groups is 2. The number of methoxy groups -OCH3 is 1. The van der Waals surface area contributed by atoms with Crippen LogP contribution in [-0.2, 0) is 11.4 Å². The summed E-state index contributed by atoms with van der Waals surface area (Å²) in [5.74, 6) is -0.123. The van der Waals surface area contributed by atoms with Gasteiger partial charge in [-0.1, -0.05) is 40.2 Å². The fraction of sp³-hybridized carbons (Fsp3) is 0.111. The molecule has 1 heterocycles. The van der Waals surface area contributed by atoms with Crippen LogP contribution in [0.2, 0.25) is 0 Å². The average molecular weight is 643 g/mol. The van der Waals surface area contributed by atoms with Crippen molar-refractivity contribution >= 4 is 60.9 Å². The molecule has 0 aliphatic rings. The highest BCUT2D eigenvalue weighted by Gasteiger charge is 2.14. The Kier molecular flexibility index (Phi) is 8.93. The molecule has 2 N–H and O–H groups in total. The van der Waals surface area contributed by atoms with Gasteiger partial charge in [-0.2, -0.15) is 5.10 Å². The summed E-state index contributed by atoms with van der Waals surface area (Å²) in [5.41, 5.74) is 4.59. The second-order valence-electron chi connectivity index (χ2n) is 7.82. The van der Waals surface area contributed by atoms with Gasteiger partial charge in [0.2, 0.25) is 0 Å². The van der Waals surface area contributed by atoms with E-state index < -0.39 is 11.9 Å². The van der Waals surface area contributed by atoms with Crippen LogP contribution < -0.4 is 19.6 Å². The predicted octanol–water partition coefficient (Wildman–Crippen LogP) is 5.57. The van der Waals surface area contributed by atoms with E-state index in [2.05, 4.69) is 47.4 Å². The van der Waals surface area contributed by atoms with Gasteiger partial charge < -0.3 is 19.3 Å². The fourth-order valence-corrected chi connectivity index (χ4v) is 4.86. The quantitative estimate of drug-likeness (QED) is 0.171. The number of carbonyl (C=O) groups excluding carboxylic acids is 1. The number of aromatic nitrogens is 1. The van der Waals surface area contributed by atoms with Crippen LogP contribution >= 0.6 is 31.9 Å². The topological polar surface area (TPSA) is 119 Å². The lowest BCUT2D eigenvalue weighted by Gasteiger charge is -2.13. The Bertz CT molecular complexity index is 1510. The maximum atomic E-state index is 12.4. The maximum Gasteiger partial charge on any atom is 0.335 e. The number of hydrogen-bond donors (Lipinski definition) is 2. The van der Waals surface area contributed by atoms with Gasteiger partial charge in [0.1, 0.15) is 12.1 Å². The molecule has 11 heteroatoms. The molecule has 3 aromatic carbocycles. The van der Waals surface area contributed by atoms with Crippen LogP contribution in [0.25, 0.3) is 10.9 Å². The number of ether oxygens (including phenoxy) is 3. The summed E-state index contributed by atoms with van der Waals surface area (Å²) in [7, 11) is 1.52. The number of carboxylic acids is 1. The number of benzene rings is 3. The van der Waals surface area contributed by atoms with Gasteiger partial charge in [-0.05, 0) is 57.9 Å². The predicted molar refractivity (Wildman–Crippen MR) is 149 cm³/mol. The van der Waals surface area contributed by atoms with E-state index in [4.69, 9.17) is 19.3 Å². The second kappa shape index (κ2) is 12.5. The zero-order valence-corrected chi connectivity index (χ0v) is 23.2. The Balaban J connectivity index is 1.41. The average Bonchev–Trinajstić information content (AvgIpc) is 2.92. The van der Waals surface area contributed by atoms with Gasteiger partial charge in [0.05, 0.1) is 23.4 Å². The Labute approximate surface area is 234 Å². The number of nitrogens with zero attached hydrogens (tertiary/aromatic N) is 2. The number of amides is 1. The summed E-state index contributed by atoms with van der Waals surface area (Å²) < 4.78 is 18.6. The van der Waals surface area contributed by atoms with Gasteiger partial charge in [0.25, 0.3) is 5.91 Å². The Morgan fingerprint density at radius 1 is 1.03 bits per heavy atom. The lowest BCUT2D eigenvalue weighted by Crippen LogP contribution is -2.24. The summed E-state index contributed by atoms with van der Waals surface area (Å²) in [6.45, 7) is -0.109. The molecule has 0 aliphatic carbocycles. The van der Waals surface area contributed by atoms with Crippen LogP contribution in [0.3, 0.4) is 0 Å². The number of hydrogen-bond acceptors (Lipinski definition) is 7. The molecular formula is C27H21Br2N3O6. The smallest absolute Gasteiger partial charge is 0.335 e. The minimum absolute atomic E-state index is 0.172. The largest absolute Gasteiger partial charge is 0.493 e. The third-order valence-corrected chi connectivity index (χ3v) is 6.55. The first-order chi connectivity index (χ1) is 18.4. The molecule has 0 saturated carbocycles. The molecule has 0 spiro atoms. The maximum absolute atomic E-state index is 12.4. The third kappa shape index (κ3) is 6.48. The fourth-order valence-electron chi connectivity index (χ4n) is 3.48. The Morgan fingerprint density at radius 3 is 2.55 bits per heavy atom. The van der Waals surface area contributed by atoms with Crippen LogP contribution in [0.4, 0.5) is 0 Å². The van der Waals surface area contributed by atoms with Crippen molar-refractivity contribution in [2.24, 2.45) is 5.10 Å². The van der Waals surface area contributed by atoms with Crippen molar-refractivity contribution in [1.29, 1.82) is 0 Å². The van der Waals surface area contributed by atoms with E-state index in [0.717, 1.165) is 15.4 Å². The van der Waals surface area contributed by atoms with Crippen molar-refractivity contribution in [3.63, 3.8) is 0 Å². The van der Waals surface area contributed by atoms with Gasteiger partial charge in [0.15, 0.2) is 23.9 Å². The number of nitrogens with one attached hydrogen (secondary N) is 1. The van der Waals surface area contributed by atoms with Crippen molar-refractivity contribution in [1.82, 2.24) is 10.4 Å². The number of aromatic carboxylic acids is 1. The number of hydrazone groups is 1. The van der Waals surface area contributed by atoms with Gasteiger partial charge >= 0.3 is 5.97 Å². The standard InChI is InChI=1S/C27H21Br2N3O6/c1-36-22-6-2-4-18(25(22)37-14-16-7-9-17(10-8-16)27(34)35)13-31-32-23(33)15-38-26-21(29)12-20(28)19-5-3-11-30-24(19)26/h2-13H,14-15H2,1H3,(H,32,33)(H,34,35)/b31-13+. The van der Waals surface area contributed by atoms with E-state index in [9.17, 15) is 9.59 Å². The lowest BCUT2D eigenvalue weighted by atomic mass is 10.1. The molecule has 9 nitrogen and oxygen atoms in total. The van der Waals surface area contributed by atoms with E-state index in [1.807, 2.05) is 18.2 Å². The summed E-state index contributed by atoms with van der Waals surface area (Å²) in [6.07, 6.45) is 3.09. The van der Waals surface area contributed by atoms with Gasteiger partial charge in [0, 0.05) is 21.6 Å². The molecule has 38 heavy (non-hydrogen) atoms. The monoisotopic (exact) mass is 641 g/mol. The molecule has 4 rings (SSSR count). The van der Waals surface area contributed by atoms with Crippen molar-refractivity contribution in [2.45, 2.75) is 6.61 Å². The first-order valence-corrected chi connectivity index (χ1v) is 12.8. The number of halogens is 2. The molecule has 1 aromatic heterocycles. The third-order valence-electron chi connectivity index (χ3n) is 5.30. The minimum Gasteiger partial charge on any atom is -0.493 e. The van der Waals surface area contributed by atoms with E-state index in [-0.39, 0.29) is 18.8 Å². The summed E-state index contributed by atoms with van der Waals surface area (Å²) in [5, 5.41) is 13.9. The summed E-state index contributed by atoms with van der Waals surface area (Å²) in [4.78, 5) is 27.8. The zero-order chi connectivity index (χ0) is 27.1. The summed E-state index contributed by atoms with van der Waals surface area (Å²) >= 11 is 6.96. The van der Waals surface area contributed by atoms with Gasteiger partial charge in [-0.3, -0.25) is 9.78 Å². The highest BCUT2D eigenvalue weighted by atomic mass is 79.9. The first-order valence-electron chi connectivity index (χ1n) is 11.2. The van der Waals surface area contributed by atoms with Crippen molar-refractivity contribution in [2.75, 3.05) is 13.7 Å². The van der Waals surface area contributed by atoms with Gasteiger partial charge in [-0.25, -0.2) is 10.2 Å². The molecule has 0 saturated heterocycles. The van der Waals surface area contributed by atoms with E-state index in [0.29, 0.717) is 32.8 Å². The minimum atomic E-state index is -0.998. The number of rotatable bonds is 10. The highest BCUT2D eigenvalue weighted by Crippen LogP contribution is 2.37. The second-order valence-corrected chi connectivity index (χ2v) is 9.53. The van der Waals surface area contributed by atoms with Crippen LogP contribution in [0.5, 0.6) is 17.2 Å². The lowest BCUT2D eigenvalue weighted by molar-refractivity contribution is -0.123. The van der Waals surface area contributed by atoms with Crippen LogP contribution in [-0.4, -0.2) is 41.9 Å². The summed E-state index contributed by atoms with van der Waals surface area (Å²) in [6, 6.07) is 17.2. The Hall–Kier alpha value is -3.96.